The molecule has 4 heterocycles. The molecule has 2 amide bonds. The number of rotatable bonds is 5. The maximum absolute atomic E-state index is 14.4. The van der Waals surface area contributed by atoms with Crippen molar-refractivity contribution in [1.29, 1.82) is 0 Å². The Morgan fingerprint density at radius 3 is 2.42 bits per heavy atom. The molecule has 12 heteroatoms. The van der Waals surface area contributed by atoms with Gasteiger partial charge in [0, 0.05) is 50.7 Å². The van der Waals surface area contributed by atoms with Gasteiger partial charge in [-0.25, -0.2) is 18.6 Å². The van der Waals surface area contributed by atoms with Gasteiger partial charge in [0.1, 0.15) is 11.6 Å². The smallest absolute Gasteiger partial charge is 0.378 e. The van der Waals surface area contributed by atoms with Crippen LogP contribution in [-0.4, -0.2) is 80.5 Å². The predicted octanol–water partition coefficient (Wildman–Crippen LogP) is 5.79. The van der Waals surface area contributed by atoms with Crippen molar-refractivity contribution < 1.29 is 31.5 Å². The first-order valence-electron chi connectivity index (χ1n) is 13.6. The highest BCUT2D eigenvalue weighted by atomic mass is 19.4. The number of aromatic nitrogens is 1. The quantitative estimate of drug-likeness (QED) is 0.464. The SMILES string of the molecule is Cc1ccc(NC(=O)N2CC[C@@H](CC(F)(F)F)C2)cc1-c1cc(N2CCOCC2)nc(N2CC(C)C(F)(F)C2)c1. The van der Waals surface area contributed by atoms with Crippen molar-refractivity contribution in [2.75, 3.05) is 67.6 Å². The summed E-state index contributed by atoms with van der Waals surface area (Å²) in [5.41, 5.74) is 2.98. The van der Waals surface area contributed by atoms with Gasteiger partial charge in [0.2, 0.25) is 0 Å². The third-order valence-electron chi connectivity index (χ3n) is 7.97. The summed E-state index contributed by atoms with van der Waals surface area (Å²) >= 11 is 0. The summed E-state index contributed by atoms with van der Waals surface area (Å²) in [4.78, 5) is 22.7. The number of morpholine rings is 1. The van der Waals surface area contributed by atoms with Crippen LogP contribution >= 0.6 is 0 Å². The molecule has 0 bridgehead atoms. The van der Waals surface area contributed by atoms with E-state index in [2.05, 4.69) is 10.2 Å². The highest BCUT2D eigenvalue weighted by molar-refractivity contribution is 5.91. The topological polar surface area (TPSA) is 60.9 Å². The minimum absolute atomic E-state index is 0.0551. The summed E-state index contributed by atoms with van der Waals surface area (Å²) in [6.45, 7) is 5.89. The van der Waals surface area contributed by atoms with E-state index in [1.807, 2.05) is 19.1 Å². The van der Waals surface area contributed by atoms with E-state index >= 15 is 0 Å². The minimum atomic E-state index is -4.25. The standard InChI is InChI=1S/C28H34F5N5O2/c1-18-3-4-22(34-26(39)37-6-5-20(16-37)14-28(31,32)33)13-23(18)21-11-24(36-7-9-40-10-8-36)35-25(12-21)38-15-19(2)27(29,30)17-38/h3-4,11-13,19-20H,5-10,14-17H2,1-2H3,(H,34,39)/t19?,20-/m0/s1. The Morgan fingerprint density at radius 1 is 1.07 bits per heavy atom. The number of benzene rings is 1. The number of carbonyl (C=O) groups excluding carboxylic acids is 1. The van der Waals surface area contributed by atoms with Gasteiger partial charge in [0.15, 0.2) is 0 Å². The molecule has 7 nitrogen and oxygen atoms in total. The van der Waals surface area contributed by atoms with Crippen LogP contribution in [0, 0.1) is 18.8 Å². The number of pyridine rings is 1. The number of nitrogens with zero attached hydrogens (tertiary/aromatic N) is 4. The molecule has 3 saturated heterocycles. The van der Waals surface area contributed by atoms with Crippen molar-refractivity contribution in [3.8, 4) is 11.1 Å². The molecule has 1 unspecified atom stereocenters. The van der Waals surface area contributed by atoms with E-state index in [0.29, 0.717) is 50.0 Å². The lowest BCUT2D eigenvalue weighted by atomic mass is 10.00. The first-order chi connectivity index (χ1) is 18.9. The lowest BCUT2D eigenvalue weighted by Crippen LogP contribution is -2.37. The Morgan fingerprint density at radius 2 is 1.77 bits per heavy atom. The molecule has 1 aromatic carbocycles. The zero-order chi connectivity index (χ0) is 28.7. The van der Waals surface area contributed by atoms with Gasteiger partial charge in [-0.15, -0.1) is 0 Å². The molecule has 2 atom stereocenters. The number of ether oxygens (including phenoxy) is 1. The molecule has 1 aromatic heterocycles. The molecule has 0 saturated carbocycles. The largest absolute Gasteiger partial charge is 0.389 e. The summed E-state index contributed by atoms with van der Waals surface area (Å²) in [5.74, 6) is -3.09. The van der Waals surface area contributed by atoms with Crippen molar-refractivity contribution in [2.45, 2.75) is 38.8 Å². The highest BCUT2D eigenvalue weighted by Gasteiger charge is 2.46. The van der Waals surface area contributed by atoms with Gasteiger partial charge in [-0.05, 0) is 60.2 Å². The number of carbonyl (C=O) groups is 1. The van der Waals surface area contributed by atoms with E-state index in [1.165, 1.54) is 11.8 Å². The molecule has 5 rings (SSSR count). The number of hydrogen-bond acceptors (Lipinski definition) is 5. The van der Waals surface area contributed by atoms with Gasteiger partial charge in [0.25, 0.3) is 5.92 Å². The fraction of sp³-hybridized carbons (Fsp3) is 0.571. The van der Waals surface area contributed by atoms with Crippen molar-refractivity contribution >= 4 is 23.4 Å². The number of anilines is 3. The van der Waals surface area contributed by atoms with Crippen LogP contribution in [0.3, 0.4) is 0 Å². The number of aryl methyl sites for hydroxylation is 1. The van der Waals surface area contributed by atoms with Crippen molar-refractivity contribution in [3.63, 3.8) is 0 Å². The number of halogens is 5. The molecule has 3 aliphatic heterocycles. The van der Waals surface area contributed by atoms with Gasteiger partial charge in [-0.3, -0.25) is 0 Å². The van der Waals surface area contributed by atoms with E-state index in [1.54, 1.807) is 23.1 Å². The number of likely N-dealkylation sites (tertiary alicyclic amines) is 1. The van der Waals surface area contributed by atoms with Crippen LogP contribution in [0.25, 0.3) is 11.1 Å². The summed E-state index contributed by atoms with van der Waals surface area (Å²) in [7, 11) is 0. The Labute approximate surface area is 230 Å². The van der Waals surface area contributed by atoms with Gasteiger partial charge in [0.05, 0.1) is 19.8 Å². The number of amides is 2. The van der Waals surface area contributed by atoms with Crippen LogP contribution in [0.5, 0.6) is 0 Å². The number of hydrogen-bond donors (Lipinski definition) is 1. The van der Waals surface area contributed by atoms with Crippen LogP contribution in [0.15, 0.2) is 30.3 Å². The molecular formula is C28H34F5N5O2. The molecule has 1 N–H and O–H groups in total. The summed E-state index contributed by atoms with van der Waals surface area (Å²) < 4.78 is 72.7. The van der Waals surface area contributed by atoms with Gasteiger partial charge in [-0.2, -0.15) is 13.2 Å². The number of alkyl halides is 5. The predicted molar refractivity (Wildman–Crippen MR) is 143 cm³/mol. The maximum atomic E-state index is 14.4. The monoisotopic (exact) mass is 567 g/mol. The van der Waals surface area contributed by atoms with E-state index < -0.39 is 42.9 Å². The second-order valence-electron chi connectivity index (χ2n) is 11.1. The molecule has 3 aliphatic rings. The average Bonchev–Trinajstić information content (AvgIpc) is 3.47. The lowest BCUT2D eigenvalue weighted by molar-refractivity contribution is -0.143. The van der Waals surface area contributed by atoms with Crippen LogP contribution in [0.1, 0.15) is 25.3 Å². The third-order valence-corrected chi connectivity index (χ3v) is 7.97. The van der Waals surface area contributed by atoms with E-state index in [-0.39, 0.29) is 19.6 Å². The molecular weight excluding hydrogens is 533 g/mol. The van der Waals surface area contributed by atoms with E-state index in [4.69, 9.17) is 9.72 Å². The molecule has 0 spiro atoms. The zero-order valence-corrected chi connectivity index (χ0v) is 22.6. The first kappa shape index (κ1) is 28.4. The lowest BCUT2D eigenvalue weighted by Gasteiger charge is -2.29. The molecule has 40 heavy (non-hydrogen) atoms. The van der Waals surface area contributed by atoms with Crippen LogP contribution < -0.4 is 15.1 Å². The summed E-state index contributed by atoms with van der Waals surface area (Å²) in [6.07, 6.45) is -4.84. The normalized spacial score (nSPS) is 23.1. The van der Waals surface area contributed by atoms with Crippen LogP contribution in [-0.2, 0) is 4.74 Å². The zero-order valence-electron chi connectivity index (χ0n) is 22.6. The van der Waals surface area contributed by atoms with E-state index in [0.717, 1.165) is 16.7 Å². The van der Waals surface area contributed by atoms with Crippen molar-refractivity contribution in [1.82, 2.24) is 9.88 Å². The molecule has 0 aliphatic carbocycles. The number of urea groups is 1. The van der Waals surface area contributed by atoms with E-state index in [9.17, 15) is 26.7 Å². The first-order valence-corrected chi connectivity index (χ1v) is 13.6. The Balaban J connectivity index is 1.40. The number of nitrogens with one attached hydrogen (secondary N) is 1. The molecule has 0 radical (unpaired) electrons. The van der Waals surface area contributed by atoms with Gasteiger partial charge >= 0.3 is 12.2 Å². The summed E-state index contributed by atoms with van der Waals surface area (Å²) in [5, 5.41) is 2.82. The van der Waals surface area contributed by atoms with Crippen molar-refractivity contribution in [2.24, 2.45) is 11.8 Å². The second kappa shape index (κ2) is 11.0. The van der Waals surface area contributed by atoms with Crippen LogP contribution in [0.4, 0.5) is 44.1 Å². The highest BCUT2D eigenvalue weighted by Crippen LogP contribution is 2.38. The second-order valence-corrected chi connectivity index (χ2v) is 11.1. The van der Waals surface area contributed by atoms with Crippen molar-refractivity contribution in [3.05, 3.63) is 35.9 Å². The van der Waals surface area contributed by atoms with Gasteiger partial charge < -0.3 is 24.8 Å². The fourth-order valence-electron chi connectivity index (χ4n) is 5.61. The Kier molecular flexibility index (Phi) is 7.82. The maximum Gasteiger partial charge on any atom is 0.389 e. The molecule has 218 valence electrons. The minimum Gasteiger partial charge on any atom is -0.378 e. The van der Waals surface area contributed by atoms with Gasteiger partial charge in [-0.1, -0.05) is 13.0 Å². The summed E-state index contributed by atoms with van der Waals surface area (Å²) in [6, 6.07) is 8.67. The Hall–Kier alpha value is -3.15. The molecule has 2 aromatic rings. The average molecular weight is 568 g/mol. The third kappa shape index (κ3) is 6.42. The van der Waals surface area contributed by atoms with Crippen LogP contribution in [0.2, 0.25) is 0 Å². The fourth-order valence-corrected chi connectivity index (χ4v) is 5.61. The Bertz CT molecular complexity index is 1230. The molecule has 3 fully saturated rings.